The fourth-order valence-electron chi connectivity index (χ4n) is 2.95. The van der Waals surface area contributed by atoms with Crippen LogP contribution in [0.5, 0.6) is 0 Å². The Morgan fingerprint density at radius 1 is 1.04 bits per heavy atom. The standard InChI is InChI=1S/C16H14FN7/c17-13-2-1-3-14(12(13)10-18)22-6-8-23(9-7-22)16-5-4-15-20-19-11-24(15)21-16/h1-5,11H,6-9H2. The van der Waals surface area contributed by atoms with Crippen molar-refractivity contribution >= 4 is 17.2 Å². The van der Waals surface area contributed by atoms with Gasteiger partial charge in [0.05, 0.1) is 5.69 Å². The van der Waals surface area contributed by atoms with Crippen LogP contribution in [0.15, 0.2) is 36.7 Å². The molecule has 3 heterocycles. The molecule has 0 aliphatic carbocycles. The van der Waals surface area contributed by atoms with Crippen molar-refractivity contribution in [2.24, 2.45) is 0 Å². The van der Waals surface area contributed by atoms with E-state index < -0.39 is 5.82 Å². The molecule has 1 aliphatic rings. The van der Waals surface area contributed by atoms with Crippen LogP contribution in [0.4, 0.5) is 15.9 Å². The van der Waals surface area contributed by atoms with Crippen LogP contribution in [-0.2, 0) is 0 Å². The van der Waals surface area contributed by atoms with Gasteiger partial charge in [-0.05, 0) is 24.3 Å². The van der Waals surface area contributed by atoms with Crippen LogP contribution in [0.3, 0.4) is 0 Å². The van der Waals surface area contributed by atoms with Crippen molar-refractivity contribution in [3.8, 4) is 6.07 Å². The summed E-state index contributed by atoms with van der Waals surface area (Å²) in [5.41, 5.74) is 1.46. The van der Waals surface area contributed by atoms with Crippen molar-refractivity contribution in [1.29, 1.82) is 5.26 Å². The van der Waals surface area contributed by atoms with Crippen molar-refractivity contribution in [3.63, 3.8) is 0 Å². The van der Waals surface area contributed by atoms with Gasteiger partial charge >= 0.3 is 0 Å². The Balaban J connectivity index is 1.53. The molecule has 24 heavy (non-hydrogen) atoms. The number of nitrogens with zero attached hydrogens (tertiary/aromatic N) is 7. The SMILES string of the molecule is N#Cc1c(F)cccc1N1CCN(c2ccc3nncn3n2)CC1. The molecule has 8 heteroatoms. The molecule has 0 N–H and O–H groups in total. The fraction of sp³-hybridized carbons (Fsp3) is 0.250. The van der Waals surface area contributed by atoms with Gasteiger partial charge in [-0.15, -0.1) is 15.3 Å². The van der Waals surface area contributed by atoms with Gasteiger partial charge in [-0.1, -0.05) is 6.07 Å². The highest BCUT2D eigenvalue weighted by molar-refractivity contribution is 5.61. The molecule has 1 aromatic carbocycles. The molecule has 0 bridgehead atoms. The minimum absolute atomic E-state index is 0.106. The van der Waals surface area contributed by atoms with Crippen LogP contribution in [-0.4, -0.2) is 46.0 Å². The number of benzene rings is 1. The number of piperazine rings is 1. The van der Waals surface area contributed by atoms with E-state index in [2.05, 4.69) is 20.2 Å². The Hall–Kier alpha value is -3.21. The number of fused-ring (bicyclic) bond motifs is 1. The lowest BCUT2D eigenvalue weighted by Crippen LogP contribution is -2.47. The molecule has 0 amide bonds. The van der Waals surface area contributed by atoms with Crippen LogP contribution in [0.25, 0.3) is 5.65 Å². The van der Waals surface area contributed by atoms with Crippen molar-refractivity contribution in [3.05, 3.63) is 48.0 Å². The number of halogens is 1. The first kappa shape index (κ1) is 14.4. The Labute approximate surface area is 137 Å². The third kappa shape index (κ3) is 2.40. The Morgan fingerprint density at radius 3 is 2.62 bits per heavy atom. The number of hydrogen-bond donors (Lipinski definition) is 0. The van der Waals surface area contributed by atoms with Crippen LogP contribution >= 0.6 is 0 Å². The molecule has 0 saturated carbocycles. The van der Waals surface area contributed by atoms with E-state index in [9.17, 15) is 9.65 Å². The van der Waals surface area contributed by atoms with Gasteiger partial charge in [0.25, 0.3) is 0 Å². The maximum absolute atomic E-state index is 13.8. The molecule has 0 unspecified atom stereocenters. The zero-order valence-electron chi connectivity index (χ0n) is 12.8. The van der Waals surface area contributed by atoms with Crippen LogP contribution < -0.4 is 9.80 Å². The van der Waals surface area contributed by atoms with Gasteiger partial charge in [-0.3, -0.25) is 0 Å². The van der Waals surface area contributed by atoms with Gasteiger partial charge in [0.1, 0.15) is 29.6 Å². The van der Waals surface area contributed by atoms with E-state index >= 15 is 0 Å². The van der Waals surface area contributed by atoms with Crippen molar-refractivity contribution in [2.45, 2.75) is 0 Å². The first-order chi connectivity index (χ1) is 11.8. The van der Waals surface area contributed by atoms with Gasteiger partial charge in [-0.25, -0.2) is 4.39 Å². The molecule has 0 spiro atoms. The average molecular weight is 323 g/mol. The fourth-order valence-corrected chi connectivity index (χ4v) is 2.95. The Kier molecular flexibility index (Phi) is 3.46. The van der Waals surface area contributed by atoms with E-state index in [1.165, 1.54) is 6.07 Å². The number of aromatic nitrogens is 4. The summed E-state index contributed by atoms with van der Waals surface area (Å²) >= 11 is 0. The molecular formula is C16H14FN7. The van der Waals surface area contributed by atoms with E-state index in [0.29, 0.717) is 24.4 Å². The summed E-state index contributed by atoms with van der Waals surface area (Å²) in [6, 6.07) is 10.5. The molecule has 1 saturated heterocycles. The van der Waals surface area contributed by atoms with Crippen molar-refractivity contribution in [2.75, 3.05) is 36.0 Å². The lowest BCUT2D eigenvalue weighted by molar-refractivity contribution is 0.614. The van der Waals surface area contributed by atoms with Crippen molar-refractivity contribution < 1.29 is 4.39 Å². The maximum Gasteiger partial charge on any atom is 0.177 e. The minimum atomic E-state index is -0.475. The Bertz CT molecular complexity index is 922. The van der Waals surface area contributed by atoms with Crippen molar-refractivity contribution in [1.82, 2.24) is 19.8 Å². The second-order valence-electron chi connectivity index (χ2n) is 5.55. The van der Waals surface area contributed by atoms with E-state index in [-0.39, 0.29) is 5.56 Å². The molecule has 3 aromatic rings. The first-order valence-electron chi connectivity index (χ1n) is 7.62. The second-order valence-corrected chi connectivity index (χ2v) is 5.55. The monoisotopic (exact) mass is 323 g/mol. The molecule has 0 atom stereocenters. The predicted molar refractivity (Wildman–Crippen MR) is 86.3 cm³/mol. The van der Waals surface area contributed by atoms with E-state index in [0.717, 1.165) is 18.9 Å². The van der Waals surface area contributed by atoms with E-state index in [4.69, 9.17) is 0 Å². The Morgan fingerprint density at radius 2 is 1.83 bits per heavy atom. The molecule has 120 valence electrons. The molecule has 7 nitrogen and oxygen atoms in total. The summed E-state index contributed by atoms with van der Waals surface area (Å²) in [6.45, 7) is 2.87. The zero-order chi connectivity index (χ0) is 16.5. The summed E-state index contributed by atoms with van der Waals surface area (Å²) in [7, 11) is 0. The smallest absolute Gasteiger partial charge is 0.177 e. The van der Waals surface area contributed by atoms with E-state index in [1.54, 1.807) is 23.0 Å². The summed E-state index contributed by atoms with van der Waals surface area (Å²) in [5, 5.41) is 21.4. The van der Waals surface area contributed by atoms with Gasteiger partial charge in [0, 0.05) is 26.2 Å². The lowest BCUT2D eigenvalue weighted by Gasteiger charge is -2.36. The molecule has 4 rings (SSSR count). The topological polar surface area (TPSA) is 73.4 Å². The minimum Gasteiger partial charge on any atom is -0.367 e. The van der Waals surface area contributed by atoms with E-state index in [1.807, 2.05) is 23.1 Å². The summed E-state index contributed by atoms with van der Waals surface area (Å²) < 4.78 is 15.4. The highest BCUT2D eigenvalue weighted by atomic mass is 19.1. The largest absolute Gasteiger partial charge is 0.367 e. The maximum atomic E-state index is 13.8. The number of hydrogen-bond acceptors (Lipinski definition) is 6. The molecule has 0 radical (unpaired) electrons. The second kappa shape index (κ2) is 5.77. The van der Waals surface area contributed by atoms with Gasteiger partial charge < -0.3 is 9.80 Å². The van der Waals surface area contributed by atoms with Gasteiger partial charge in [-0.2, -0.15) is 9.78 Å². The van der Waals surface area contributed by atoms with Gasteiger partial charge in [0.2, 0.25) is 0 Å². The zero-order valence-corrected chi connectivity index (χ0v) is 12.8. The number of rotatable bonds is 2. The third-order valence-electron chi connectivity index (χ3n) is 4.20. The number of anilines is 2. The summed E-state index contributed by atoms with van der Waals surface area (Å²) in [4.78, 5) is 4.19. The first-order valence-corrected chi connectivity index (χ1v) is 7.62. The quantitative estimate of drug-likeness (QED) is 0.711. The third-order valence-corrected chi connectivity index (χ3v) is 4.20. The average Bonchev–Trinajstić information content (AvgIpc) is 3.09. The molecule has 1 fully saturated rings. The highest BCUT2D eigenvalue weighted by Crippen LogP contribution is 2.24. The summed E-state index contributed by atoms with van der Waals surface area (Å²) in [5.74, 6) is 0.374. The molecule has 2 aromatic heterocycles. The molecule has 1 aliphatic heterocycles. The highest BCUT2D eigenvalue weighted by Gasteiger charge is 2.21. The van der Waals surface area contributed by atoms with Crippen LogP contribution in [0.2, 0.25) is 0 Å². The van der Waals surface area contributed by atoms with Crippen LogP contribution in [0.1, 0.15) is 5.56 Å². The van der Waals surface area contributed by atoms with Gasteiger partial charge in [0.15, 0.2) is 5.65 Å². The normalized spacial score (nSPS) is 14.8. The predicted octanol–water partition coefficient (Wildman–Crippen LogP) is 1.46. The summed E-state index contributed by atoms with van der Waals surface area (Å²) in [6.07, 6.45) is 1.57. The number of nitriles is 1. The molecular weight excluding hydrogens is 309 g/mol. The van der Waals surface area contributed by atoms with Crippen LogP contribution in [0, 0.1) is 17.1 Å². The lowest BCUT2D eigenvalue weighted by atomic mass is 10.1.